The Kier molecular flexibility index (Phi) is 34.5. The van der Waals surface area contributed by atoms with Crippen LogP contribution < -0.4 is 0 Å². The molecule has 0 aromatic rings. The number of fused-ring (bicyclic) bond motifs is 5. The molecular formula is C68H114O9. The Balaban J connectivity index is 1.07. The zero-order chi connectivity index (χ0) is 55.2. The standard InChI is InChI=1S/C68H114O9/c1-5-7-9-11-13-15-17-19-21-23-25-27-29-33-37-41-63(70)74-54-58(55-75-64(71)42-38-34-30-28-26-24-22-20-18-16-14-12-10-8-6-2)76-65(72)43-39-35-31-32-36-40-44-66(73)77-62-48-47-60-59-46-45-56-53-57(69)49-51-67(56,3)61(59)50-52-68(60,62)4/h19-22,53,58-62H,5-18,23-52,54-55H2,1-4H3/b21-19-,22-20-/t59-,60-,61-,62-,67-,68-/m0/s1. The molecule has 3 saturated carbocycles. The second kappa shape index (κ2) is 40.0. The maximum Gasteiger partial charge on any atom is 0.306 e. The number of ether oxygens (including phenoxy) is 4. The minimum atomic E-state index is -0.836. The highest BCUT2D eigenvalue weighted by atomic mass is 16.6. The van der Waals surface area contributed by atoms with E-state index in [-0.39, 0.29) is 60.4 Å². The van der Waals surface area contributed by atoms with Crippen molar-refractivity contribution in [2.75, 3.05) is 13.2 Å². The number of allylic oxidation sites excluding steroid dienone is 5. The number of unbranched alkanes of at least 4 members (excludes halogenated alkanes) is 27. The van der Waals surface area contributed by atoms with E-state index >= 15 is 0 Å². The molecule has 9 heteroatoms. The van der Waals surface area contributed by atoms with Gasteiger partial charge in [-0.15, -0.1) is 0 Å². The van der Waals surface area contributed by atoms with Gasteiger partial charge in [0.15, 0.2) is 11.9 Å². The van der Waals surface area contributed by atoms with Crippen LogP contribution in [0.2, 0.25) is 0 Å². The summed E-state index contributed by atoms with van der Waals surface area (Å²) in [5.74, 6) is 1.11. The number of rotatable bonds is 45. The van der Waals surface area contributed by atoms with Gasteiger partial charge in [-0.2, -0.15) is 0 Å². The maximum atomic E-state index is 13.2. The zero-order valence-electron chi connectivity index (χ0n) is 50.0. The summed E-state index contributed by atoms with van der Waals surface area (Å²) in [6.45, 7) is 9.08. The molecule has 440 valence electrons. The molecule has 0 bridgehead atoms. The van der Waals surface area contributed by atoms with Crippen molar-refractivity contribution in [3.63, 3.8) is 0 Å². The number of hydrogen-bond acceptors (Lipinski definition) is 9. The third-order valence-electron chi connectivity index (χ3n) is 18.6. The lowest BCUT2D eigenvalue weighted by molar-refractivity contribution is -0.167. The molecule has 4 rings (SSSR count). The van der Waals surface area contributed by atoms with Crippen LogP contribution in [0.15, 0.2) is 36.0 Å². The molecule has 4 aliphatic rings. The van der Waals surface area contributed by atoms with Crippen molar-refractivity contribution in [2.24, 2.45) is 28.6 Å². The normalized spacial score (nSPS) is 23.0. The monoisotopic (exact) mass is 1070 g/mol. The van der Waals surface area contributed by atoms with Gasteiger partial charge in [-0.25, -0.2) is 0 Å². The highest BCUT2D eigenvalue weighted by Gasteiger charge is 2.60. The van der Waals surface area contributed by atoms with Crippen LogP contribution in [0.5, 0.6) is 0 Å². The Morgan fingerprint density at radius 3 is 1.40 bits per heavy atom. The van der Waals surface area contributed by atoms with Crippen molar-refractivity contribution in [2.45, 2.75) is 322 Å². The molecule has 0 saturated heterocycles. The van der Waals surface area contributed by atoms with Crippen molar-refractivity contribution in [3.8, 4) is 0 Å². The molecule has 0 amide bonds. The van der Waals surface area contributed by atoms with Gasteiger partial charge < -0.3 is 18.9 Å². The van der Waals surface area contributed by atoms with Crippen molar-refractivity contribution in [1.29, 1.82) is 0 Å². The Bertz CT molecular complexity index is 1690. The predicted molar refractivity (Wildman–Crippen MR) is 314 cm³/mol. The maximum absolute atomic E-state index is 13.2. The van der Waals surface area contributed by atoms with E-state index in [4.69, 9.17) is 18.9 Å². The van der Waals surface area contributed by atoms with E-state index < -0.39 is 6.10 Å². The smallest absolute Gasteiger partial charge is 0.306 e. The van der Waals surface area contributed by atoms with Gasteiger partial charge in [0.25, 0.3) is 0 Å². The quantitative estimate of drug-likeness (QED) is 0.0254. The second-order valence-corrected chi connectivity index (χ2v) is 24.8. The van der Waals surface area contributed by atoms with E-state index in [2.05, 4.69) is 52.0 Å². The molecule has 0 radical (unpaired) electrons. The molecule has 4 aliphatic carbocycles. The van der Waals surface area contributed by atoms with E-state index in [9.17, 15) is 24.0 Å². The van der Waals surface area contributed by atoms with Gasteiger partial charge in [-0.1, -0.05) is 186 Å². The summed E-state index contributed by atoms with van der Waals surface area (Å²) >= 11 is 0. The molecule has 0 heterocycles. The summed E-state index contributed by atoms with van der Waals surface area (Å²) in [6.07, 6.45) is 56.2. The third kappa shape index (κ3) is 26.3. The molecule has 0 aliphatic heterocycles. The second-order valence-electron chi connectivity index (χ2n) is 24.8. The number of carbonyl (C=O) groups is 5. The van der Waals surface area contributed by atoms with E-state index in [1.54, 1.807) is 0 Å². The van der Waals surface area contributed by atoms with Gasteiger partial charge in [-0.3, -0.25) is 24.0 Å². The molecule has 3 fully saturated rings. The summed E-state index contributed by atoms with van der Waals surface area (Å²) in [7, 11) is 0. The van der Waals surface area contributed by atoms with Crippen molar-refractivity contribution in [1.82, 2.24) is 0 Å². The summed E-state index contributed by atoms with van der Waals surface area (Å²) in [5, 5.41) is 0. The molecular weight excluding hydrogens is 961 g/mol. The molecule has 0 aromatic carbocycles. The van der Waals surface area contributed by atoms with Gasteiger partial charge in [0.05, 0.1) is 0 Å². The van der Waals surface area contributed by atoms with Crippen LogP contribution in [0, 0.1) is 28.6 Å². The van der Waals surface area contributed by atoms with Gasteiger partial charge in [0.2, 0.25) is 0 Å². The first-order valence-electron chi connectivity index (χ1n) is 32.7. The average molecular weight is 1080 g/mol. The fraction of sp³-hybridized carbons (Fsp3) is 0.838. The fourth-order valence-corrected chi connectivity index (χ4v) is 13.7. The van der Waals surface area contributed by atoms with Crippen LogP contribution >= 0.6 is 0 Å². The van der Waals surface area contributed by atoms with Crippen LogP contribution in [0.1, 0.15) is 310 Å². The predicted octanol–water partition coefficient (Wildman–Crippen LogP) is 18.6. The Morgan fingerprint density at radius 1 is 0.494 bits per heavy atom. The molecule has 0 unspecified atom stereocenters. The number of ketones is 1. The van der Waals surface area contributed by atoms with Crippen molar-refractivity contribution < 1.29 is 42.9 Å². The summed E-state index contributed by atoms with van der Waals surface area (Å²) in [4.78, 5) is 63.9. The van der Waals surface area contributed by atoms with Crippen LogP contribution in [-0.4, -0.2) is 55.1 Å². The Labute approximate surface area is 470 Å². The highest BCUT2D eigenvalue weighted by Crippen LogP contribution is 2.65. The zero-order valence-corrected chi connectivity index (χ0v) is 50.0. The summed E-state index contributed by atoms with van der Waals surface area (Å²) in [6, 6.07) is 0. The highest BCUT2D eigenvalue weighted by molar-refractivity contribution is 5.91. The topological polar surface area (TPSA) is 122 Å². The van der Waals surface area contributed by atoms with Gasteiger partial charge in [0.1, 0.15) is 19.3 Å². The first kappa shape index (κ1) is 66.3. The summed E-state index contributed by atoms with van der Waals surface area (Å²) in [5.41, 5.74) is 1.60. The molecule has 6 atom stereocenters. The number of carbonyl (C=O) groups excluding carboxylic acids is 5. The van der Waals surface area contributed by atoms with E-state index in [1.807, 2.05) is 6.08 Å². The number of hydrogen-bond donors (Lipinski definition) is 0. The Morgan fingerprint density at radius 2 is 0.922 bits per heavy atom. The Hall–Kier alpha value is -3.23. The van der Waals surface area contributed by atoms with Crippen LogP contribution in [0.4, 0.5) is 0 Å². The number of esters is 4. The first-order valence-corrected chi connectivity index (χ1v) is 32.7. The largest absolute Gasteiger partial charge is 0.462 e. The lowest BCUT2D eigenvalue weighted by atomic mass is 9.47. The van der Waals surface area contributed by atoms with Crippen molar-refractivity contribution in [3.05, 3.63) is 36.0 Å². The first-order chi connectivity index (χ1) is 37.5. The van der Waals surface area contributed by atoms with Gasteiger partial charge >= 0.3 is 23.9 Å². The minimum absolute atomic E-state index is 0.00100. The van der Waals surface area contributed by atoms with E-state index in [0.717, 1.165) is 141 Å². The molecule has 0 spiro atoms. The SMILES string of the molecule is CCCCCCCC/C=C\CCCCCCCC(=O)OCC(COC(=O)CCCCCCC/C=C\CCCCCCCC)OC(=O)CCCCCCCCC(=O)O[C@H]1CC[C@H]2[C@@H]3CCC4=CC(=O)CC[C@]4(C)[C@H]3CC[C@]12C. The lowest BCUT2D eigenvalue weighted by Crippen LogP contribution is -2.51. The van der Waals surface area contributed by atoms with Crippen LogP contribution in [0.25, 0.3) is 0 Å². The molecule has 0 N–H and O–H groups in total. The average Bonchev–Trinajstić information content (AvgIpc) is 3.75. The minimum Gasteiger partial charge on any atom is -0.462 e. The molecule has 77 heavy (non-hydrogen) atoms. The third-order valence-corrected chi connectivity index (χ3v) is 18.6. The van der Waals surface area contributed by atoms with E-state index in [1.165, 1.54) is 108 Å². The van der Waals surface area contributed by atoms with Gasteiger partial charge in [0, 0.05) is 37.5 Å². The van der Waals surface area contributed by atoms with Gasteiger partial charge in [-0.05, 0) is 151 Å². The van der Waals surface area contributed by atoms with Crippen LogP contribution in [-0.2, 0) is 42.9 Å². The molecule has 9 nitrogen and oxygen atoms in total. The van der Waals surface area contributed by atoms with Crippen LogP contribution in [0.3, 0.4) is 0 Å². The summed E-state index contributed by atoms with van der Waals surface area (Å²) < 4.78 is 23.2. The van der Waals surface area contributed by atoms with Crippen molar-refractivity contribution >= 4 is 29.7 Å². The fourth-order valence-electron chi connectivity index (χ4n) is 13.7. The van der Waals surface area contributed by atoms with E-state index in [0.29, 0.717) is 55.6 Å². The molecule has 0 aromatic heterocycles. The lowest BCUT2D eigenvalue weighted by Gasteiger charge is -2.57.